The van der Waals surface area contributed by atoms with Crippen LogP contribution in [0.25, 0.3) is 0 Å². The van der Waals surface area contributed by atoms with Gasteiger partial charge < -0.3 is 88.2 Å². The number of amides is 8. The zero-order chi connectivity index (χ0) is 54.4. The number of carbonyl (C=O) groups excluding carboxylic acids is 8. The quantitative estimate of drug-likeness (QED) is 0.0337. The van der Waals surface area contributed by atoms with E-state index >= 15 is 0 Å². The van der Waals surface area contributed by atoms with E-state index in [4.69, 9.17) is 24.6 Å². The van der Waals surface area contributed by atoms with Gasteiger partial charge in [0.05, 0.1) is 39.0 Å². The SMILES string of the molecule is COP(=O)(N[C@@H]1O[C@H](CO)[C@@H](O)[C@H](O)[C@H]1NC(C)=O)OC[C@H](NC(=O)[C@H](C)NC(=O)[C@H](Cc1ccccc1)NC(=O)CN)C(=O)N[C@@H](Cc1ccccc1)C(=O)N[C@@H](CO)C(=O)N[C@@H](CO)C(=O)NCC(=O)O. The molecule has 0 radical (unpaired) electrons. The third-order valence-electron chi connectivity index (χ3n) is 10.7. The van der Waals surface area contributed by atoms with Gasteiger partial charge in [0.1, 0.15) is 67.3 Å². The Labute approximate surface area is 417 Å². The Bertz CT molecular complexity index is 2250. The highest BCUT2D eigenvalue weighted by Crippen LogP contribution is 2.44. The number of nitrogens with one attached hydrogen (secondary N) is 9. The highest BCUT2D eigenvalue weighted by molar-refractivity contribution is 7.51. The van der Waals surface area contributed by atoms with Gasteiger partial charge >= 0.3 is 13.7 Å². The maximum atomic E-state index is 14.4. The molecule has 1 heterocycles. The van der Waals surface area contributed by atoms with E-state index < -0.39 is 167 Å². The lowest BCUT2D eigenvalue weighted by atomic mass is 9.96. The van der Waals surface area contributed by atoms with Gasteiger partial charge in [-0.2, -0.15) is 5.09 Å². The predicted molar refractivity (Wildman–Crippen MR) is 250 cm³/mol. The minimum absolute atomic E-state index is 0.0404. The van der Waals surface area contributed by atoms with E-state index in [0.29, 0.717) is 11.1 Å². The molecule has 1 saturated heterocycles. The number of aliphatic hydroxyl groups is 5. The molecule has 1 fully saturated rings. The number of carboxylic acids is 1. The molecule has 2 aromatic rings. The third-order valence-corrected chi connectivity index (χ3v) is 12.2. The number of hydrogen-bond acceptors (Lipinski definition) is 19. The van der Waals surface area contributed by atoms with E-state index in [2.05, 4.69) is 42.3 Å². The van der Waals surface area contributed by atoms with Gasteiger partial charge in [-0.3, -0.25) is 47.7 Å². The van der Waals surface area contributed by atoms with Crippen molar-refractivity contribution in [3.8, 4) is 0 Å². The number of ether oxygens (including phenoxy) is 1. The number of rotatable bonds is 29. The monoisotopic (exact) mass is 1050 g/mol. The smallest absolute Gasteiger partial charge is 0.407 e. The van der Waals surface area contributed by atoms with Crippen LogP contribution in [0.15, 0.2) is 60.7 Å². The number of nitrogens with two attached hydrogens (primary N) is 1. The van der Waals surface area contributed by atoms with Crippen molar-refractivity contribution < 1.29 is 92.1 Å². The molecule has 12 atom stereocenters. The van der Waals surface area contributed by atoms with Gasteiger partial charge in [0, 0.05) is 26.9 Å². The van der Waals surface area contributed by atoms with E-state index in [-0.39, 0.29) is 12.8 Å². The van der Waals surface area contributed by atoms with E-state index in [1.165, 1.54) is 6.92 Å². The van der Waals surface area contributed by atoms with E-state index in [0.717, 1.165) is 14.0 Å². The van der Waals surface area contributed by atoms with Crippen LogP contribution < -0.4 is 53.4 Å². The molecule has 1 aliphatic heterocycles. The Morgan fingerprint density at radius 2 is 1.16 bits per heavy atom. The molecule has 0 spiro atoms. The zero-order valence-electron chi connectivity index (χ0n) is 39.8. The third kappa shape index (κ3) is 19.5. The summed E-state index contributed by atoms with van der Waals surface area (Å²) >= 11 is 0. The second kappa shape index (κ2) is 29.9. The second-order valence-electron chi connectivity index (χ2n) is 16.2. The van der Waals surface area contributed by atoms with Crippen LogP contribution in [0.1, 0.15) is 25.0 Å². The van der Waals surface area contributed by atoms with Gasteiger partial charge in [-0.1, -0.05) is 60.7 Å². The fraction of sp³-hybridized carbons (Fsp3) is 0.512. The number of carbonyl (C=O) groups is 9. The Kier molecular flexibility index (Phi) is 24.9. The molecule has 0 saturated carbocycles. The Hall–Kier alpha value is -6.50. The summed E-state index contributed by atoms with van der Waals surface area (Å²) in [6.07, 6.45) is -7.20. The van der Waals surface area contributed by atoms with E-state index in [1.54, 1.807) is 60.7 Å². The van der Waals surface area contributed by atoms with Crippen LogP contribution in [0.4, 0.5) is 0 Å². The minimum atomic E-state index is -4.83. The summed E-state index contributed by atoms with van der Waals surface area (Å²) in [7, 11) is -3.96. The first-order chi connectivity index (χ1) is 34.6. The number of carboxylic acid groups (broad SMARTS) is 1. The Morgan fingerprint density at radius 1 is 0.685 bits per heavy atom. The van der Waals surface area contributed by atoms with E-state index in [1.807, 2.05) is 5.32 Å². The highest BCUT2D eigenvalue weighted by atomic mass is 31.2. The van der Waals surface area contributed by atoms with E-state index in [9.17, 15) is 73.2 Å². The Balaban J connectivity index is 1.99. The lowest BCUT2D eigenvalue weighted by Gasteiger charge is -2.43. The molecule has 73 heavy (non-hydrogen) atoms. The molecule has 0 bridgehead atoms. The summed E-state index contributed by atoms with van der Waals surface area (Å²) in [6.45, 7) is -3.21. The van der Waals surface area contributed by atoms with Crippen LogP contribution >= 0.6 is 7.75 Å². The molecule has 1 unspecified atom stereocenters. The molecule has 404 valence electrons. The number of aliphatic hydroxyl groups excluding tert-OH is 5. The summed E-state index contributed by atoms with van der Waals surface area (Å²) < 4.78 is 30.5. The van der Waals surface area contributed by atoms with Gasteiger partial charge in [0.2, 0.25) is 47.3 Å². The van der Waals surface area contributed by atoms with Crippen molar-refractivity contribution in [1.29, 1.82) is 0 Å². The number of benzene rings is 2. The molecular weight excluding hydrogens is 991 g/mol. The van der Waals surface area contributed by atoms with Gasteiger partial charge in [0.15, 0.2) is 0 Å². The van der Waals surface area contributed by atoms with Crippen molar-refractivity contribution in [1.82, 2.24) is 47.6 Å². The second-order valence-corrected chi connectivity index (χ2v) is 18.1. The summed E-state index contributed by atoms with van der Waals surface area (Å²) in [5, 5.41) is 80.3. The molecule has 17 N–H and O–H groups in total. The van der Waals surface area contributed by atoms with Crippen molar-refractivity contribution in [3.63, 3.8) is 0 Å². The van der Waals surface area contributed by atoms with Crippen LogP contribution in [-0.4, -0.2) is 197 Å². The fourth-order valence-electron chi connectivity index (χ4n) is 6.82. The average Bonchev–Trinajstić information content (AvgIpc) is 3.37. The largest absolute Gasteiger partial charge is 0.480 e. The lowest BCUT2D eigenvalue weighted by Crippen LogP contribution is -2.67. The van der Waals surface area contributed by atoms with Crippen LogP contribution in [0.5, 0.6) is 0 Å². The predicted octanol–water partition coefficient (Wildman–Crippen LogP) is -7.15. The molecule has 8 amide bonds. The highest BCUT2D eigenvalue weighted by Gasteiger charge is 2.47. The van der Waals surface area contributed by atoms with Crippen LogP contribution in [-0.2, 0) is 74.3 Å². The molecular formula is C43H63N10O19P. The fourth-order valence-corrected chi connectivity index (χ4v) is 7.98. The first kappa shape index (κ1) is 60.8. The van der Waals surface area contributed by atoms with Crippen LogP contribution in [0.2, 0.25) is 0 Å². The Morgan fingerprint density at radius 3 is 1.66 bits per heavy atom. The maximum absolute atomic E-state index is 14.4. The van der Waals surface area contributed by atoms with Crippen molar-refractivity contribution >= 4 is 61.0 Å². The first-order valence-electron chi connectivity index (χ1n) is 22.4. The van der Waals surface area contributed by atoms with Gasteiger partial charge in [0.25, 0.3) is 0 Å². The number of aliphatic carboxylic acids is 1. The zero-order valence-corrected chi connectivity index (χ0v) is 40.7. The van der Waals surface area contributed by atoms with Crippen molar-refractivity contribution in [2.45, 2.75) is 93.5 Å². The van der Waals surface area contributed by atoms with Gasteiger partial charge in [-0.15, -0.1) is 0 Å². The van der Waals surface area contributed by atoms with Gasteiger partial charge in [-0.25, -0.2) is 4.57 Å². The van der Waals surface area contributed by atoms with Crippen molar-refractivity contribution in [2.75, 3.05) is 46.6 Å². The molecule has 29 nitrogen and oxygen atoms in total. The standard InChI is InChI=1S/C43H63N10O19P/c1-22(46-39(65)26(48-32(58)16-44)14-24-10-6-4-7-11-24)37(63)52-30(21-71-73(69,70-3)53-43-34(47-23(2)57)36(62)35(61)31(20-56)72-43)42(68)49-27(15-25-12-8-5-9-13-25)40(66)51-29(19-55)41(67)50-28(18-54)38(64)45-17-33(59)60/h4-13,22,26-31,34-36,43,54-56,61-62H,14-21,44H2,1-3H3,(H,45,64)(H,46,65)(H,47,57)(H,48,58)(H,49,68)(H,50,67)(H,51,66)(H,52,63)(H,53,69)(H,59,60)/t22-,26-,27-,28-,29-,30-,31+,34+,35+,36+,43+,73?/m0/s1. The average molecular weight is 1060 g/mol. The van der Waals surface area contributed by atoms with Crippen molar-refractivity contribution in [3.05, 3.63) is 71.8 Å². The molecule has 30 heteroatoms. The van der Waals surface area contributed by atoms with Crippen LogP contribution in [0.3, 0.4) is 0 Å². The molecule has 2 aromatic carbocycles. The molecule has 3 rings (SSSR count). The molecule has 1 aliphatic rings. The normalized spacial score (nSPS) is 20.6. The topological polar surface area (TPSA) is 454 Å². The van der Waals surface area contributed by atoms with Gasteiger partial charge in [-0.05, 0) is 18.1 Å². The summed E-state index contributed by atoms with van der Waals surface area (Å²) in [4.78, 5) is 117. The van der Waals surface area contributed by atoms with Crippen LogP contribution in [0, 0.1) is 0 Å². The summed E-state index contributed by atoms with van der Waals surface area (Å²) in [6, 6.07) is 4.78. The molecule has 0 aromatic heterocycles. The molecule has 0 aliphatic carbocycles. The summed E-state index contributed by atoms with van der Waals surface area (Å²) in [5.41, 5.74) is 6.50. The van der Waals surface area contributed by atoms with Crippen molar-refractivity contribution in [2.24, 2.45) is 5.73 Å². The number of hydrogen-bond donors (Lipinski definition) is 16. The first-order valence-corrected chi connectivity index (χ1v) is 23.9. The maximum Gasteiger partial charge on any atom is 0.407 e. The minimum Gasteiger partial charge on any atom is -0.480 e. The summed E-state index contributed by atoms with van der Waals surface area (Å²) in [5.74, 6) is -9.61. The lowest BCUT2D eigenvalue weighted by molar-refractivity contribution is -0.198.